The summed E-state index contributed by atoms with van der Waals surface area (Å²) in [4.78, 5) is 12.0. The molecule has 1 fully saturated rings. The highest BCUT2D eigenvalue weighted by Gasteiger charge is 2.24. The van der Waals surface area contributed by atoms with Gasteiger partial charge in [-0.25, -0.2) is 4.79 Å². The van der Waals surface area contributed by atoms with Gasteiger partial charge in [0.15, 0.2) is 0 Å². The average molecular weight is 408 g/mol. The van der Waals surface area contributed by atoms with E-state index in [0.29, 0.717) is 18.6 Å². The lowest BCUT2D eigenvalue weighted by Gasteiger charge is -2.24. The summed E-state index contributed by atoms with van der Waals surface area (Å²) in [5.74, 6) is 1.40. The predicted octanol–water partition coefficient (Wildman–Crippen LogP) is 6.52. The highest BCUT2D eigenvalue weighted by atomic mass is 16.7. The summed E-state index contributed by atoms with van der Waals surface area (Å²) in [6, 6.07) is 17.6. The second-order valence-electron chi connectivity index (χ2n) is 7.68. The van der Waals surface area contributed by atoms with Crippen molar-refractivity contribution in [3.05, 3.63) is 48.5 Å². The molecule has 1 aliphatic rings. The molecule has 0 aromatic heterocycles. The number of carbonyl (C=O) groups excluding carboxylic acids is 1. The van der Waals surface area contributed by atoms with Crippen molar-refractivity contribution >= 4 is 6.16 Å². The lowest BCUT2D eigenvalue weighted by molar-refractivity contribution is 0.0375. The number of benzene rings is 2. The summed E-state index contributed by atoms with van der Waals surface area (Å²) in [5, 5.41) is 8.94. The van der Waals surface area contributed by atoms with Crippen molar-refractivity contribution in [2.75, 3.05) is 6.61 Å². The van der Waals surface area contributed by atoms with E-state index in [-0.39, 0.29) is 12.0 Å². The van der Waals surface area contributed by atoms with Crippen LogP contribution in [0.25, 0.3) is 11.1 Å². The number of carbonyl (C=O) groups is 1. The Bertz CT molecular complexity index is 831. The monoisotopic (exact) mass is 407 g/mol. The van der Waals surface area contributed by atoms with Crippen LogP contribution in [0.5, 0.6) is 11.5 Å². The topological polar surface area (TPSA) is 68.6 Å². The van der Waals surface area contributed by atoms with Gasteiger partial charge in [-0.15, -0.1) is 0 Å². The lowest BCUT2D eigenvalue weighted by Crippen LogP contribution is -2.25. The van der Waals surface area contributed by atoms with Crippen LogP contribution in [0.4, 0.5) is 4.79 Å². The van der Waals surface area contributed by atoms with Crippen LogP contribution >= 0.6 is 0 Å². The van der Waals surface area contributed by atoms with E-state index in [1.54, 1.807) is 12.1 Å². The molecule has 158 valence electrons. The Morgan fingerprint density at radius 3 is 2.10 bits per heavy atom. The molecule has 0 amide bonds. The molecule has 3 rings (SSSR count). The van der Waals surface area contributed by atoms with Crippen LogP contribution in [0.1, 0.15) is 51.9 Å². The number of nitrogens with zero attached hydrogens (tertiary/aromatic N) is 1. The van der Waals surface area contributed by atoms with Gasteiger partial charge in [0.1, 0.15) is 17.6 Å². The molecule has 0 heterocycles. The zero-order chi connectivity index (χ0) is 21.2. The number of rotatable bonds is 8. The van der Waals surface area contributed by atoms with Crippen molar-refractivity contribution in [2.24, 2.45) is 5.92 Å². The van der Waals surface area contributed by atoms with Crippen LogP contribution in [0.3, 0.4) is 0 Å². The maximum absolute atomic E-state index is 12.0. The molecule has 0 spiro atoms. The Hall–Kier alpha value is -3.00. The molecule has 0 saturated heterocycles. The van der Waals surface area contributed by atoms with E-state index in [0.717, 1.165) is 42.7 Å². The Balaban J connectivity index is 1.47. The van der Waals surface area contributed by atoms with E-state index in [2.05, 4.69) is 13.0 Å². The van der Waals surface area contributed by atoms with Crippen molar-refractivity contribution in [3.63, 3.8) is 0 Å². The first-order valence-electron chi connectivity index (χ1n) is 10.8. The third-order valence-corrected chi connectivity index (χ3v) is 5.38. The van der Waals surface area contributed by atoms with E-state index in [4.69, 9.17) is 19.5 Å². The Morgan fingerprint density at radius 1 is 0.933 bits per heavy atom. The molecule has 1 aliphatic carbocycles. The molecule has 0 aliphatic heterocycles. The first-order valence-corrected chi connectivity index (χ1v) is 10.8. The van der Waals surface area contributed by atoms with Crippen molar-refractivity contribution in [1.82, 2.24) is 0 Å². The van der Waals surface area contributed by atoms with Crippen LogP contribution in [0.15, 0.2) is 48.5 Å². The van der Waals surface area contributed by atoms with Crippen molar-refractivity contribution in [3.8, 4) is 28.7 Å². The quantitative estimate of drug-likeness (QED) is 0.283. The summed E-state index contributed by atoms with van der Waals surface area (Å²) in [7, 11) is 0. The second kappa shape index (κ2) is 11.3. The number of nitriles is 1. The average Bonchev–Trinajstić information content (AvgIpc) is 2.78. The van der Waals surface area contributed by atoms with Gasteiger partial charge in [-0.2, -0.15) is 5.26 Å². The summed E-state index contributed by atoms with van der Waals surface area (Å²) in [6.45, 7) is 2.92. The number of hydrogen-bond donors (Lipinski definition) is 0. The molecule has 0 radical (unpaired) electrons. The molecule has 5 heteroatoms. The largest absolute Gasteiger partial charge is 0.514 e. The Labute approximate surface area is 178 Å². The molecule has 1 saturated carbocycles. The van der Waals surface area contributed by atoms with Gasteiger partial charge in [-0.1, -0.05) is 44.0 Å². The molecule has 0 N–H and O–H groups in total. The van der Waals surface area contributed by atoms with Gasteiger partial charge in [0.05, 0.1) is 12.7 Å². The van der Waals surface area contributed by atoms with Crippen LogP contribution in [-0.2, 0) is 4.74 Å². The maximum atomic E-state index is 12.0. The Morgan fingerprint density at radius 2 is 1.53 bits per heavy atom. The van der Waals surface area contributed by atoms with E-state index in [9.17, 15) is 4.79 Å². The smallest absolute Gasteiger partial charge is 0.494 e. The molecule has 2 aromatic carbocycles. The van der Waals surface area contributed by atoms with Crippen LogP contribution in [0, 0.1) is 17.2 Å². The predicted molar refractivity (Wildman–Crippen MR) is 115 cm³/mol. The highest BCUT2D eigenvalue weighted by Crippen LogP contribution is 2.27. The van der Waals surface area contributed by atoms with Crippen molar-refractivity contribution in [2.45, 2.75) is 58.0 Å². The van der Waals surface area contributed by atoms with Crippen molar-refractivity contribution < 1.29 is 19.0 Å². The minimum absolute atomic E-state index is 0.0788. The SMILES string of the molecule is CCCCCOc1ccc(-c2ccc(OC(=O)O[C@H]3CC[C@H](C#N)CC3)cc2)cc1. The van der Waals surface area contributed by atoms with Gasteiger partial charge in [0.25, 0.3) is 0 Å². The van der Waals surface area contributed by atoms with Gasteiger partial charge in [-0.3, -0.25) is 0 Å². The van der Waals surface area contributed by atoms with Gasteiger partial charge < -0.3 is 14.2 Å². The molecular weight excluding hydrogens is 378 g/mol. The second-order valence-corrected chi connectivity index (χ2v) is 7.68. The van der Waals surface area contributed by atoms with Crippen LogP contribution < -0.4 is 9.47 Å². The molecule has 30 heavy (non-hydrogen) atoms. The first-order chi connectivity index (χ1) is 14.7. The first kappa shape index (κ1) is 21.7. The molecule has 0 unspecified atom stereocenters. The lowest BCUT2D eigenvalue weighted by atomic mass is 9.88. The minimum Gasteiger partial charge on any atom is -0.494 e. The fourth-order valence-corrected chi connectivity index (χ4v) is 3.57. The fraction of sp³-hybridized carbons (Fsp3) is 0.440. The molecule has 5 nitrogen and oxygen atoms in total. The standard InChI is InChI=1S/C25H29NO4/c1-2-3-4-17-28-22-13-7-20(8-14-22)21-9-15-24(16-10-21)30-25(27)29-23-11-5-19(18-26)6-12-23/h7-10,13-16,19,23H,2-6,11-12,17H2,1H3/t19-,23-. The third-order valence-electron chi connectivity index (χ3n) is 5.38. The Kier molecular flexibility index (Phi) is 8.14. The summed E-state index contributed by atoms with van der Waals surface area (Å²) in [5.41, 5.74) is 2.10. The van der Waals surface area contributed by atoms with Crippen molar-refractivity contribution in [1.29, 1.82) is 5.26 Å². The van der Waals surface area contributed by atoms with E-state index >= 15 is 0 Å². The van der Waals surface area contributed by atoms with Gasteiger partial charge in [-0.05, 0) is 67.5 Å². The number of hydrogen-bond acceptors (Lipinski definition) is 5. The number of ether oxygens (including phenoxy) is 3. The van der Waals surface area contributed by atoms with Gasteiger partial charge in [0.2, 0.25) is 0 Å². The summed E-state index contributed by atoms with van der Waals surface area (Å²) < 4.78 is 16.4. The van der Waals surface area contributed by atoms with E-state index < -0.39 is 6.16 Å². The third kappa shape index (κ3) is 6.52. The molecular formula is C25H29NO4. The molecule has 0 atom stereocenters. The minimum atomic E-state index is -0.687. The normalized spacial score (nSPS) is 18.3. The van der Waals surface area contributed by atoms with Crippen LogP contribution in [-0.4, -0.2) is 18.9 Å². The van der Waals surface area contributed by atoms with E-state index in [1.807, 2.05) is 36.4 Å². The fourth-order valence-electron chi connectivity index (χ4n) is 3.57. The molecule has 2 aromatic rings. The van der Waals surface area contributed by atoms with Gasteiger partial charge >= 0.3 is 6.16 Å². The van der Waals surface area contributed by atoms with E-state index in [1.165, 1.54) is 12.8 Å². The summed E-state index contributed by atoms with van der Waals surface area (Å²) in [6.07, 6.45) is 5.55. The molecule has 0 bridgehead atoms. The maximum Gasteiger partial charge on any atom is 0.514 e. The summed E-state index contributed by atoms with van der Waals surface area (Å²) >= 11 is 0. The van der Waals surface area contributed by atoms with Crippen LogP contribution in [0.2, 0.25) is 0 Å². The zero-order valence-corrected chi connectivity index (χ0v) is 17.5. The highest BCUT2D eigenvalue weighted by molar-refractivity contribution is 5.67. The number of unbranched alkanes of at least 4 members (excludes halogenated alkanes) is 2. The van der Waals surface area contributed by atoms with Gasteiger partial charge in [0, 0.05) is 5.92 Å². The zero-order valence-electron chi connectivity index (χ0n) is 17.5.